The number of nitriles is 1. The van der Waals surface area contributed by atoms with E-state index in [4.69, 9.17) is 5.26 Å². The van der Waals surface area contributed by atoms with Crippen LogP contribution < -0.4 is 5.32 Å². The first-order chi connectivity index (χ1) is 9.78. The quantitative estimate of drug-likeness (QED) is 0.900. The summed E-state index contributed by atoms with van der Waals surface area (Å²) in [6.07, 6.45) is 2.04. The Hall–Kier alpha value is -2.68. The lowest BCUT2D eigenvalue weighted by molar-refractivity contribution is 0.0949. The number of carbonyl (C=O) groups excluding carboxylic acids is 1. The van der Waals surface area contributed by atoms with Gasteiger partial charge in [0.15, 0.2) is 5.82 Å². The molecule has 0 aliphatic carbocycles. The number of fused-ring (bicyclic) bond motifs is 1. The molecule has 1 aromatic carbocycles. The van der Waals surface area contributed by atoms with E-state index in [1.807, 2.05) is 6.07 Å². The van der Waals surface area contributed by atoms with Gasteiger partial charge >= 0.3 is 0 Å². The van der Waals surface area contributed by atoms with Crippen LogP contribution >= 0.6 is 0 Å². The van der Waals surface area contributed by atoms with Gasteiger partial charge < -0.3 is 9.88 Å². The highest BCUT2D eigenvalue weighted by molar-refractivity contribution is 5.94. The largest absolute Gasteiger partial charge is 0.345 e. The maximum absolute atomic E-state index is 12.0. The SMILES string of the molecule is N#Cc1ccc(C(=O)NCc2nnc3n2CCC3)cc1. The van der Waals surface area contributed by atoms with Crippen molar-refractivity contribution >= 4 is 5.91 Å². The molecule has 2 heterocycles. The van der Waals surface area contributed by atoms with Crippen molar-refractivity contribution in [1.29, 1.82) is 5.26 Å². The van der Waals surface area contributed by atoms with Gasteiger partial charge in [-0.25, -0.2) is 0 Å². The third-order valence-corrected chi connectivity index (χ3v) is 3.37. The fraction of sp³-hybridized carbons (Fsp3) is 0.286. The molecule has 20 heavy (non-hydrogen) atoms. The number of nitrogens with one attached hydrogen (secondary N) is 1. The molecular formula is C14H13N5O. The van der Waals surface area contributed by atoms with Crippen LogP contribution in [0.1, 0.15) is 34.0 Å². The first-order valence-corrected chi connectivity index (χ1v) is 6.47. The zero-order chi connectivity index (χ0) is 13.9. The second-order valence-electron chi connectivity index (χ2n) is 4.66. The van der Waals surface area contributed by atoms with E-state index in [0.717, 1.165) is 31.0 Å². The molecule has 1 amide bonds. The van der Waals surface area contributed by atoms with E-state index in [1.54, 1.807) is 24.3 Å². The Bertz CT molecular complexity index is 681. The maximum Gasteiger partial charge on any atom is 0.251 e. The second kappa shape index (κ2) is 5.13. The van der Waals surface area contributed by atoms with E-state index in [0.29, 0.717) is 17.7 Å². The highest BCUT2D eigenvalue weighted by Gasteiger charge is 2.17. The summed E-state index contributed by atoms with van der Waals surface area (Å²) in [4.78, 5) is 12.0. The predicted octanol–water partition coefficient (Wildman–Crippen LogP) is 1.03. The standard InChI is InChI=1S/C14H13N5O/c15-8-10-3-5-11(6-4-10)14(20)16-9-13-18-17-12-2-1-7-19(12)13/h3-6H,1-2,7,9H2,(H,16,20). The normalized spacial score (nSPS) is 12.8. The van der Waals surface area contributed by atoms with Crippen molar-refractivity contribution in [2.45, 2.75) is 25.9 Å². The molecule has 0 spiro atoms. The number of hydrogen-bond acceptors (Lipinski definition) is 4. The molecule has 1 aliphatic rings. The number of benzene rings is 1. The Morgan fingerprint density at radius 2 is 2.15 bits per heavy atom. The van der Waals surface area contributed by atoms with Crippen molar-refractivity contribution in [3.63, 3.8) is 0 Å². The minimum Gasteiger partial charge on any atom is -0.345 e. The Morgan fingerprint density at radius 3 is 2.90 bits per heavy atom. The van der Waals surface area contributed by atoms with Gasteiger partial charge in [0.1, 0.15) is 5.82 Å². The second-order valence-corrected chi connectivity index (χ2v) is 4.66. The number of amides is 1. The molecule has 0 atom stereocenters. The smallest absolute Gasteiger partial charge is 0.251 e. The number of hydrogen-bond donors (Lipinski definition) is 1. The van der Waals surface area contributed by atoms with E-state index in [2.05, 4.69) is 20.1 Å². The molecular weight excluding hydrogens is 254 g/mol. The van der Waals surface area contributed by atoms with Crippen LogP contribution in [0.3, 0.4) is 0 Å². The molecule has 2 aromatic rings. The van der Waals surface area contributed by atoms with Gasteiger partial charge in [0.25, 0.3) is 5.91 Å². The first-order valence-electron chi connectivity index (χ1n) is 6.47. The molecule has 0 saturated heterocycles. The molecule has 0 radical (unpaired) electrons. The van der Waals surface area contributed by atoms with Crippen molar-refractivity contribution in [2.75, 3.05) is 0 Å². The van der Waals surface area contributed by atoms with Gasteiger partial charge in [0.2, 0.25) is 0 Å². The van der Waals surface area contributed by atoms with E-state index in [9.17, 15) is 4.79 Å². The molecule has 100 valence electrons. The van der Waals surface area contributed by atoms with Gasteiger partial charge in [-0.2, -0.15) is 5.26 Å². The fourth-order valence-corrected chi connectivity index (χ4v) is 2.30. The summed E-state index contributed by atoms with van der Waals surface area (Å²) in [6.45, 7) is 1.29. The molecule has 1 N–H and O–H groups in total. The Balaban J connectivity index is 1.65. The summed E-state index contributed by atoms with van der Waals surface area (Å²) >= 11 is 0. The highest BCUT2D eigenvalue weighted by atomic mass is 16.1. The minimum absolute atomic E-state index is 0.176. The summed E-state index contributed by atoms with van der Waals surface area (Å²) in [5, 5.41) is 19.7. The monoisotopic (exact) mass is 267 g/mol. The molecule has 1 aliphatic heterocycles. The lowest BCUT2D eigenvalue weighted by Gasteiger charge is -2.05. The molecule has 0 bridgehead atoms. The fourth-order valence-electron chi connectivity index (χ4n) is 2.30. The van der Waals surface area contributed by atoms with Crippen LogP contribution in [0.5, 0.6) is 0 Å². The Labute approximate surface area is 116 Å². The summed E-state index contributed by atoms with van der Waals surface area (Å²) in [6, 6.07) is 8.56. The van der Waals surface area contributed by atoms with Gasteiger partial charge in [-0.3, -0.25) is 4.79 Å². The molecule has 0 fully saturated rings. The topological polar surface area (TPSA) is 83.6 Å². The van der Waals surface area contributed by atoms with Crippen LogP contribution in [0.4, 0.5) is 0 Å². The summed E-state index contributed by atoms with van der Waals surface area (Å²) in [5.41, 5.74) is 1.07. The van der Waals surface area contributed by atoms with Gasteiger partial charge in [-0.05, 0) is 30.7 Å². The number of rotatable bonds is 3. The van der Waals surface area contributed by atoms with E-state index >= 15 is 0 Å². The van der Waals surface area contributed by atoms with Crippen molar-refractivity contribution in [1.82, 2.24) is 20.1 Å². The highest BCUT2D eigenvalue weighted by Crippen LogP contribution is 2.13. The van der Waals surface area contributed by atoms with Crippen LogP contribution in [0.25, 0.3) is 0 Å². The third-order valence-electron chi connectivity index (χ3n) is 3.37. The van der Waals surface area contributed by atoms with Crippen LogP contribution in [0.15, 0.2) is 24.3 Å². The molecule has 0 saturated carbocycles. The molecule has 1 aromatic heterocycles. The van der Waals surface area contributed by atoms with Crippen molar-refractivity contribution in [2.24, 2.45) is 0 Å². The first kappa shape index (κ1) is 12.4. The van der Waals surface area contributed by atoms with Crippen molar-refractivity contribution in [3.8, 4) is 6.07 Å². The van der Waals surface area contributed by atoms with Gasteiger partial charge in [-0.1, -0.05) is 0 Å². The number of carbonyl (C=O) groups is 1. The zero-order valence-electron chi connectivity index (χ0n) is 10.8. The van der Waals surface area contributed by atoms with E-state index < -0.39 is 0 Å². The van der Waals surface area contributed by atoms with Crippen LogP contribution in [-0.4, -0.2) is 20.7 Å². The molecule has 6 nitrogen and oxygen atoms in total. The Morgan fingerprint density at radius 1 is 1.35 bits per heavy atom. The summed E-state index contributed by atoms with van der Waals surface area (Å²) < 4.78 is 2.05. The summed E-state index contributed by atoms with van der Waals surface area (Å²) in [7, 11) is 0. The van der Waals surface area contributed by atoms with E-state index in [-0.39, 0.29) is 5.91 Å². The van der Waals surface area contributed by atoms with Crippen LogP contribution in [0.2, 0.25) is 0 Å². The average Bonchev–Trinajstić information content (AvgIpc) is 3.08. The van der Waals surface area contributed by atoms with E-state index in [1.165, 1.54) is 0 Å². The van der Waals surface area contributed by atoms with Gasteiger partial charge in [-0.15, -0.1) is 10.2 Å². The van der Waals surface area contributed by atoms with Crippen LogP contribution in [0, 0.1) is 11.3 Å². The van der Waals surface area contributed by atoms with Gasteiger partial charge in [0.05, 0.1) is 18.2 Å². The number of aromatic nitrogens is 3. The van der Waals surface area contributed by atoms with Crippen molar-refractivity contribution in [3.05, 3.63) is 47.0 Å². The van der Waals surface area contributed by atoms with Crippen molar-refractivity contribution < 1.29 is 4.79 Å². The number of nitrogens with zero attached hydrogens (tertiary/aromatic N) is 4. The zero-order valence-corrected chi connectivity index (χ0v) is 10.8. The minimum atomic E-state index is -0.176. The lowest BCUT2D eigenvalue weighted by Crippen LogP contribution is -2.24. The Kier molecular flexibility index (Phi) is 3.17. The third kappa shape index (κ3) is 2.26. The average molecular weight is 267 g/mol. The predicted molar refractivity (Wildman–Crippen MR) is 70.7 cm³/mol. The maximum atomic E-state index is 12.0. The molecule has 6 heteroatoms. The molecule has 0 unspecified atom stereocenters. The van der Waals surface area contributed by atoms with Crippen LogP contribution in [-0.2, 0) is 19.5 Å². The number of aryl methyl sites for hydroxylation is 1. The lowest BCUT2D eigenvalue weighted by atomic mass is 10.1. The summed E-state index contributed by atoms with van der Waals surface area (Å²) in [5.74, 6) is 1.61. The molecule has 3 rings (SSSR count). The van der Waals surface area contributed by atoms with Gasteiger partial charge in [0, 0.05) is 18.5 Å².